The molecule has 1 aromatic rings. The minimum Gasteiger partial charge on any atom is -0.444 e. The predicted octanol–water partition coefficient (Wildman–Crippen LogP) is 3.96. The number of piperidine rings is 1. The summed E-state index contributed by atoms with van der Waals surface area (Å²) < 4.78 is 20.0. The van der Waals surface area contributed by atoms with E-state index in [0.29, 0.717) is 5.56 Å². The van der Waals surface area contributed by atoms with Gasteiger partial charge in [-0.25, -0.2) is 9.18 Å². The number of amides is 2. The van der Waals surface area contributed by atoms with Crippen LogP contribution >= 0.6 is 11.6 Å². The fraction of sp³-hybridized carbons (Fsp3) is 0.636. The molecule has 0 aromatic heterocycles. The number of likely N-dealkylation sites (N-methyl/N-ethyl adjacent to an activating group) is 1. The van der Waals surface area contributed by atoms with Crippen LogP contribution in [0.25, 0.3) is 0 Å². The Morgan fingerprint density at radius 2 is 1.83 bits per heavy atom. The van der Waals surface area contributed by atoms with Gasteiger partial charge >= 0.3 is 6.09 Å². The fourth-order valence-corrected chi connectivity index (χ4v) is 4.37. The predicted molar refractivity (Wildman–Crippen MR) is 114 cm³/mol. The molecule has 1 aliphatic rings. The molecule has 1 fully saturated rings. The van der Waals surface area contributed by atoms with E-state index < -0.39 is 34.9 Å². The second kappa shape index (κ2) is 8.71. The minimum absolute atomic E-state index is 0.138. The zero-order valence-electron chi connectivity index (χ0n) is 18.8. The van der Waals surface area contributed by atoms with Gasteiger partial charge in [0.2, 0.25) is 5.91 Å². The van der Waals surface area contributed by atoms with E-state index in [1.165, 1.54) is 18.0 Å². The molecule has 8 heteroatoms. The van der Waals surface area contributed by atoms with Crippen molar-refractivity contribution in [2.45, 2.75) is 52.7 Å². The quantitative estimate of drug-likeness (QED) is 0.769. The zero-order chi connectivity index (χ0) is 23.0. The molecule has 30 heavy (non-hydrogen) atoms. The SMILES string of the molecule is Cc1cc(Cl)cc(F)c1[C@@]1(O)[C@H](C)CN(C(=O)CN(C)C(=O)OC(C)(C)C)C[C@@H]1C. The summed E-state index contributed by atoms with van der Waals surface area (Å²) in [5, 5.41) is 11.8. The van der Waals surface area contributed by atoms with E-state index in [1.807, 2.05) is 0 Å². The molecule has 2 rings (SSSR count). The van der Waals surface area contributed by atoms with Crippen molar-refractivity contribution in [3.8, 4) is 0 Å². The Morgan fingerprint density at radius 1 is 1.30 bits per heavy atom. The minimum atomic E-state index is -1.44. The van der Waals surface area contributed by atoms with Crippen molar-refractivity contribution in [2.75, 3.05) is 26.7 Å². The van der Waals surface area contributed by atoms with E-state index >= 15 is 0 Å². The molecule has 1 aromatic carbocycles. The molecule has 0 bridgehead atoms. The van der Waals surface area contributed by atoms with Gasteiger partial charge in [-0.2, -0.15) is 0 Å². The van der Waals surface area contributed by atoms with Crippen molar-refractivity contribution in [3.05, 3.63) is 34.1 Å². The van der Waals surface area contributed by atoms with Crippen molar-refractivity contribution >= 4 is 23.6 Å². The number of aliphatic hydroxyl groups is 1. The number of hydrogen-bond acceptors (Lipinski definition) is 4. The summed E-state index contributed by atoms with van der Waals surface area (Å²) in [5.41, 5.74) is -1.29. The molecule has 0 spiro atoms. The zero-order valence-corrected chi connectivity index (χ0v) is 19.5. The van der Waals surface area contributed by atoms with Crippen molar-refractivity contribution in [2.24, 2.45) is 11.8 Å². The first kappa shape index (κ1) is 24.4. The van der Waals surface area contributed by atoms with Gasteiger partial charge in [-0.3, -0.25) is 4.79 Å². The molecular weight excluding hydrogens is 411 g/mol. The number of ether oxygens (including phenoxy) is 1. The lowest BCUT2D eigenvalue weighted by Gasteiger charge is -2.48. The number of carbonyl (C=O) groups is 2. The number of hydrogen-bond donors (Lipinski definition) is 1. The monoisotopic (exact) mass is 442 g/mol. The Labute approximate surface area is 182 Å². The van der Waals surface area contributed by atoms with Crippen LogP contribution in [0, 0.1) is 24.6 Å². The summed E-state index contributed by atoms with van der Waals surface area (Å²) in [7, 11) is 1.51. The summed E-state index contributed by atoms with van der Waals surface area (Å²) in [4.78, 5) is 27.8. The lowest BCUT2D eigenvalue weighted by Crippen LogP contribution is -2.57. The summed E-state index contributed by atoms with van der Waals surface area (Å²) in [5.74, 6) is -1.65. The lowest BCUT2D eigenvalue weighted by atomic mass is 9.69. The van der Waals surface area contributed by atoms with Gasteiger partial charge in [0.25, 0.3) is 0 Å². The van der Waals surface area contributed by atoms with E-state index in [1.54, 1.807) is 52.5 Å². The number of rotatable bonds is 3. The largest absolute Gasteiger partial charge is 0.444 e. The molecule has 1 heterocycles. The molecule has 0 unspecified atom stereocenters. The Bertz CT molecular complexity index is 789. The molecule has 0 radical (unpaired) electrons. The second-order valence-electron chi connectivity index (χ2n) is 9.34. The van der Waals surface area contributed by atoms with E-state index in [-0.39, 0.29) is 36.1 Å². The van der Waals surface area contributed by atoms with Crippen molar-refractivity contribution < 1.29 is 23.8 Å². The van der Waals surface area contributed by atoms with E-state index in [9.17, 15) is 19.1 Å². The number of carbonyl (C=O) groups excluding carboxylic acids is 2. The first-order valence-electron chi connectivity index (χ1n) is 10.1. The number of likely N-dealkylation sites (tertiary alicyclic amines) is 1. The molecule has 1 saturated heterocycles. The summed E-state index contributed by atoms with van der Waals surface area (Å²) in [6, 6.07) is 2.83. The Balaban J connectivity index is 2.16. The summed E-state index contributed by atoms with van der Waals surface area (Å²) >= 11 is 5.94. The van der Waals surface area contributed by atoms with Crippen molar-refractivity contribution in [3.63, 3.8) is 0 Å². The summed E-state index contributed by atoms with van der Waals surface area (Å²) in [6.45, 7) is 10.9. The van der Waals surface area contributed by atoms with E-state index in [0.717, 1.165) is 0 Å². The van der Waals surface area contributed by atoms with Crippen LogP contribution in [0.5, 0.6) is 0 Å². The van der Waals surface area contributed by atoms with Crippen LogP contribution in [0.3, 0.4) is 0 Å². The maximum atomic E-state index is 14.8. The Kier molecular flexibility index (Phi) is 7.09. The third-order valence-corrected chi connectivity index (χ3v) is 5.79. The van der Waals surface area contributed by atoms with Gasteiger partial charge in [0, 0.05) is 42.6 Å². The van der Waals surface area contributed by atoms with Gasteiger partial charge in [0.05, 0.1) is 0 Å². The molecule has 1 aliphatic heterocycles. The van der Waals surface area contributed by atoms with Gasteiger partial charge in [-0.15, -0.1) is 0 Å². The van der Waals surface area contributed by atoms with Crippen LogP contribution < -0.4 is 0 Å². The number of nitrogens with zero attached hydrogens (tertiary/aromatic N) is 2. The van der Waals surface area contributed by atoms with Crippen LogP contribution in [-0.2, 0) is 15.1 Å². The van der Waals surface area contributed by atoms with Crippen molar-refractivity contribution in [1.29, 1.82) is 0 Å². The second-order valence-corrected chi connectivity index (χ2v) is 9.78. The Hall–Kier alpha value is -1.86. The normalized spacial score (nSPS) is 24.5. The van der Waals surface area contributed by atoms with Gasteiger partial charge in [0.15, 0.2) is 0 Å². The first-order valence-corrected chi connectivity index (χ1v) is 10.4. The molecule has 6 nitrogen and oxygen atoms in total. The molecule has 2 amide bonds. The molecule has 1 N–H and O–H groups in total. The van der Waals surface area contributed by atoms with Gasteiger partial charge in [-0.1, -0.05) is 25.4 Å². The third-order valence-electron chi connectivity index (χ3n) is 5.57. The first-order chi connectivity index (χ1) is 13.7. The standard InChI is InChI=1S/C22H32ClFN2O4/c1-13-8-16(23)9-17(24)19(13)22(29)14(2)10-26(11-15(22)3)18(27)12-25(7)20(28)30-21(4,5)6/h8-9,14-15,29H,10-12H2,1-7H3/t14-,15+,22-. The maximum absolute atomic E-state index is 14.8. The molecular formula is C22H32ClFN2O4. The third kappa shape index (κ3) is 5.06. The van der Waals surface area contributed by atoms with Gasteiger partial charge < -0.3 is 19.6 Å². The number of halogens is 2. The Morgan fingerprint density at radius 3 is 2.30 bits per heavy atom. The fourth-order valence-electron chi connectivity index (χ4n) is 4.11. The highest BCUT2D eigenvalue weighted by Gasteiger charge is 2.49. The smallest absolute Gasteiger partial charge is 0.410 e. The van der Waals surface area contributed by atoms with Crippen LogP contribution in [0.4, 0.5) is 9.18 Å². The summed E-state index contributed by atoms with van der Waals surface area (Å²) in [6.07, 6.45) is -0.579. The number of benzene rings is 1. The lowest BCUT2D eigenvalue weighted by molar-refractivity contribution is -0.150. The number of aryl methyl sites for hydroxylation is 1. The average molecular weight is 443 g/mol. The molecule has 0 aliphatic carbocycles. The highest BCUT2D eigenvalue weighted by molar-refractivity contribution is 6.30. The van der Waals surface area contributed by atoms with E-state index in [2.05, 4.69) is 0 Å². The van der Waals surface area contributed by atoms with Crippen LogP contribution in [0.2, 0.25) is 5.02 Å². The van der Waals surface area contributed by atoms with Crippen LogP contribution in [0.1, 0.15) is 45.7 Å². The molecule has 3 atom stereocenters. The van der Waals surface area contributed by atoms with Gasteiger partial charge in [-0.05, 0) is 45.4 Å². The highest BCUT2D eigenvalue weighted by Crippen LogP contribution is 2.44. The average Bonchev–Trinajstić information content (AvgIpc) is 2.56. The van der Waals surface area contributed by atoms with Crippen molar-refractivity contribution in [1.82, 2.24) is 9.80 Å². The highest BCUT2D eigenvalue weighted by atomic mass is 35.5. The van der Waals surface area contributed by atoms with Crippen LogP contribution in [0.15, 0.2) is 12.1 Å². The molecule has 168 valence electrons. The van der Waals surface area contributed by atoms with Gasteiger partial charge in [0.1, 0.15) is 23.6 Å². The topological polar surface area (TPSA) is 70.1 Å². The maximum Gasteiger partial charge on any atom is 0.410 e. The molecule has 0 saturated carbocycles. The van der Waals surface area contributed by atoms with Crippen LogP contribution in [-0.4, -0.2) is 59.2 Å². The van der Waals surface area contributed by atoms with E-state index in [4.69, 9.17) is 16.3 Å².